The van der Waals surface area contributed by atoms with Crippen LogP contribution in [0.4, 0.5) is 0 Å². The smallest absolute Gasteiger partial charge is 0.326 e. The Morgan fingerprint density at radius 2 is 2.09 bits per heavy atom. The molecule has 1 amide bonds. The topological polar surface area (TPSA) is 101 Å². The van der Waals surface area contributed by atoms with Gasteiger partial charge >= 0.3 is 5.97 Å². The maximum atomic E-state index is 12.4. The summed E-state index contributed by atoms with van der Waals surface area (Å²) in [5.74, 6) is -1.77. The molecule has 0 aromatic carbocycles. The summed E-state index contributed by atoms with van der Waals surface area (Å²) in [6, 6.07) is 2.42. The summed E-state index contributed by atoms with van der Waals surface area (Å²) in [4.78, 5) is 39.9. The lowest BCUT2D eigenvalue weighted by Gasteiger charge is -2.16. The number of aryl methyl sites for hydroxylation is 1. The van der Waals surface area contributed by atoms with Crippen molar-refractivity contribution in [2.45, 2.75) is 33.2 Å². The van der Waals surface area contributed by atoms with Crippen molar-refractivity contribution in [3.8, 4) is 0 Å². The number of pyridine rings is 1. The van der Waals surface area contributed by atoms with E-state index in [1.165, 1.54) is 10.6 Å². The summed E-state index contributed by atoms with van der Waals surface area (Å²) in [7, 11) is 0. The predicted molar refractivity (Wildman–Crippen MR) is 84.5 cm³/mol. The number of nitrogens with zero attached hydrogens (tertiary/aromatic N) is 2. The Bertz CT molecular complexity index is 811. The lowest BCUT2D eigenvalue weighted by Crippen LogP contribution is -2.43. The molecule has 23 heavy (non-hydrogen) atoms. The molecule has 122 valence electrons. The van der Waals surface area contributed by atoms with Crippen LogP contribution in [0.3, 0.4) is 0 Å². The van der Waals surface area contributed by atoms with Gasteiger partial charge in [-0.15, -0.1) is 0 Å². The van der Waals surface area contributed by atoms with Crippen LogP contribution in [-0.4, -0.2) is 32.4 Å². The third kappa shape index (κ3) is 3.74. The lowest BCUT2D eigenvalue weighted by molar-refractivity contribution is -0.139. The van der Waals surface area contributed by atoms with Gasteiger partial charge in [-0.25, -0.2) is 9.78 Å². The molecular weight excluding hydrogens is 298 g/mol. The standard InChI is InChI=1S/C16H19N3O4/c1-9(2)6-12(16(22)23)18-14(20)11-8-17-13-7-10(3)4-5-19(13)15(11)21/h4-5,7-9,12H,6H2,1-3H3,(H,18,20)(H,22,23)/t12-/m1/s1. The van der Waals surface area contributed by atoms with Gasteiger partial charge in [-0.1, -0.05) is 13.8 Å². The minimum absolute atomic E-state index is 0.0928. The Hall–Kier alpha value is -2.70. The van der Waals surface area contributed by atoms with Crippen molar-refractivity contribution in [3.05, 3.63) is 46.0 Å². The molecule has 0 aliphatic heterocycles. The van der Waals surface area contributed by atoms with Crippen molar-refractivity contribution >= 4 is 17.5 Å². The summed E-state index contributed by atoms with van der Waals surface area (Å²) >= 11 is 0. The predicted octanol–water partition coefficient (Wildman–Crippen LogP) is 1.23. The van der Waals surface area contributed by atoms with Crippen molar-refractivity contribution in [2.75, 3.05) is 0 Å². The molecule has 7 nitrogen and oxygen atoms in total. The first-order valence-corrected chi connectivity index (χ1v) is 7.31. The molecule has 2 N–H and O–H groups in total. The van der Waals surface area contributed by atoms with Crippen LogP contribution in [0, 0.1) is 12.8 Å². The number of amides is 1. The van der Waals surface area contributed by atoms with E-state index in [0.717, 1.165) is 5.56 Å². The van der Waals surface area contributed by atoms with Gasteiger partial charge in [-0.3, -0.25) is 14.0 Å². The molecule has 0 unspecified atom stereocenters. The normalized spacial score (nSPS) is 12.3. The highest BCUT2D eigenvalue weighted by Crippen LogP contribution is 2.06. The van der Waals surface area contributed by atoms with Crippen molar-refractivity contribution in [1.82, 2.24) is 14.7 Å². The first-order valence-electron chi connectivity index (χ1n) is 7.31. The number of carbonyl (C=O) groups is 2. The SMILES string of the molecule is Cc1ccn2c(=O)c(C(=O)N[C@H](CC(C)C)C(=O)O)cnc2c1. The second-order valence-electron chi connectivity index (χ2n) is 5.90. The zero-order valence-corrected chi connectivity index (χ0v) is 13.2. The molecule has 2 rings (SSSR count). The number of hydrogen-bond acceptors (Lipinski definition) is 4. The Labute approximate surface area is 133 Å². The van der Waals surface area contributed by atoms with Gasteiger partial charge in [0, 0.05) is 12.4 Å². The van der Waals surface area contributed by atoms with Gasteiger partial charge in [0.25, 0.3) is 11.5 Å². The summed E-state index contributed by atoms with van der Waals surface area (Å²) in [6.07, 6.45) is 3.00. The molecule has 1 atom stereocenters. The second-order valence-corrected chi connectivity index (χ2v) is 5.90. The molecule has 0 bridgehead atoms. The molecule has 2 heterocycles. The first kappa shape index (κ1) is 16.7. The molecule has 7 heteroatoms. The number of hydrogen-bond donors (Lipinski definition) is 2. The molecule has 0 aliphatic rings. The molecular formula is C16H19N3O4. The number of carboxylic acid groups (broad SMARTS) is 1. The third-order valence-electron chi connectivity index (χ3n) is 3.42. The van der Waals surface area contributed by atoms with E-state index < -0.39 is 23.5 Å². The van der Waals surface area contributed by atoms with Crippen LogP contribution in [0.25, 0.3) is 5.65 Å². The highest BCUT2D eigenvalue weighted by molar-refractivity contribution is 5.96. The first-order chi connectivity index (χ1) is 10.8. The molecule has 0 saturated heterocycles. The number of carbonyl (C=O) groups excluding carboxylic acids is 1. The maximum absolute atomic E-state index is 12.4. The van der Waals surface area contributed by atoms with E-state index in [4.69, 9.17) is 0 Å². The van der Waals surface area contributed by atoms with Crippen LogP contribution in [0.15, 0.2) is 29.3 Å². The van der Waals surface area contributed by atoms with Crippen molar-refractivity contribution < 1.29 is 14.7 Å². The van der Waals surface area contributed by atoms with Gasteiger partial charge < -0.3 is 10.4 Å². The van der Waals surface area contributed by atoms with Gasteiger partial charge in [0.1, 0.15) is 17.3 Å². The lowest BCUT2D eigenvalue weighted by atomic mass is 10.0. The third-order valence-corrected chi connectivity index (χ3v) is 3.42. The zero-order chi connectivity index (χ0) is 17.1. The average Bonchev–Trinajstić information content (AvgIpc) is 2.45. The van der Waals surface area contributed by atoms with E-state index in [1.54, 1.807) is 18.3 Å². The number of aliphatic carboxylic acids is 1. The van der Waals surface area contributed by atoms with Crippen LogP contribution in [-0.2, 0) is 4.79 Å². The van der Waals surface area contributed by atoms with Gasteiger partial charge in [0.05, 0.1) is 0 Å². The Morgan fingerprint density at radius 3 is 2.70 bits per heavy atom. The van der Waals surface area contributed by atoms with E-state index in [-0.39, 0.29) is 17.9 Å². The number of carboxylic acids is 1. The summed E-state index contributed by atoms with van der Waals surface area (Å²) in [5.41, 5.74) is 0.669. The fourth-order valence-electron chi connectivity index (χ4n) is 2.26. The quantitative estimate of drug-likeness (QED) is 0.864. The average molecular weight is 317 g/mol. The minimum Gasteiger partial charge on any atom is -0.480 e. The monoisotopic (exact) mass is 317 g/mol. The van der Waals surface area contributed by atoms with Crippen LogP contribution < -0.4 is 10.9 Å². The van der Waals surface area contributed by atoms with E-state index in [9.17, 15) is 19.5 Å². The molecule has 2 aromatic heterocycles. The van der Waals surface area contributed by atoms with Gasteiger partial charge in [0.15, 0.2) is 0 Å². The van der Waals surface area contributed by atoms with Crippen molar-refractivity contribution in [3.63, 3.8) is 0 Å². The Kier molecular flexibility index (Phi) is 4.78. The molecule has 2 aromatic rings. The number of rotatable bonds is 5. The van der Waals surface area contributed by atoms with E-state index >= 15 is 0 Å². The highest BCUT2D eigenvalue weighted by atomic mass is 16.4. The highest BCUT2D eigenvalue weighted by Gasteiger charge is 2.23. The summed E-state index contributed by atoms with van der Waals surface area (Å²) < 4.78 is 1.26. The van der Waals surface area contributed by atoms with E-state index in [0.29, 0.717) is 5.65 Å². The fourth-order valence-corrected chi connectivity index (χ4v) is 2.26. The number of nitrogens with one attached hydrogen (secondary N) is 1. The van der Waals surface area contributed by atoms with Crippen LogP contribution in [0.5, 0.6) is 0 Å². The molecule has 0 aliphatic carbocycles. The van der Waals surface area contributed by atoms with Crippen molar-refractivity contribution in [2.24, 2.45) is 5.92 Å². The van der Waals surface area contributed by atoms with Crippen molar-refractivity contribution in [1.29, 1.82) is 0 Å². The molecule has 0 radical (unpaired) electrons. The molecule has 0 fully saturated rings. The summed E-state index contributed by atoms with van der Waals surface area (Å²) in [6.45, 7) is 5.59. The fraction of sp³-hybridized carbons (Fsp3) is 0.375. The van der Waals surface area contributed by atoms with Gasteiger partial charge in [-0.05, 0) is 37.0 Å². The second kappa shape index (κ2) is 6.60. The Balaban J connectivity index is 2.34. The summed E-state index contributed by atoms with van der Waals surface area (Å²) in [5, 5.41) is 11.6. The molecule has 0 saturated carbocycles. The van der Waals surface area contributed by atoms with E-state index in [2.05, 4.69) is 10.3 Å². The van der Waals surface area contributed by atoms with Gasteiger partial charge in [0.2, 0.25) is 0 Å². The minimum atomic E-state index is -1.13. The number of aromatic nitrogens is 2. The number of fused-ring (bicyclic) bond motifs is 1. The largest absolute Gasteiger partial charge is 0.480 e. The van der Waals surface area contributed by atoms with Gasteiger partial charge in [-0.2, -0.15) is 0 Å². The van der Waals surface area contributed by atoms with Crippen LogP contribution in [0.2, 0.25) is 0 Å². The zero-order valence-electron chi connectivity index (χ0n) is 13.2. The van der Waals surface area contributed by atoms with Crippen LogP contribution in [0.1, 0.15) is 36.2 Å². The Morgan fingerprint density at radius 1 is 1.39 bits per heavy atom. The van der Waals surface area contributed by atoms with E-state index in [1.807, 2.05) is 20.8 Å². The molecule has 0 spiro atoms. The van der Waals surface area contributed by atoms with Crippen LogP contribution >= 0.6 is 0 Å². The maximum Gasteiger partial charge on any atom is 0.326 e.